The van der Waals surface area contributed by atoms with Crippen LogP contribution >= 0.6 is 0 Å². The van der Waals surface area contributed by atoms with Gasteiger partial charge in [0.15, 0.2) is 6.10 Å². The molecule has 5 nitrogen and oxygen atoms in total. The lowest BCUT2D eigenvalue weighted by Crippen LogP contribution is -2.39. The number of amides is 1. The van der Waals surface area contributed by atoms with Gasteiger partial charge in [-0.15, -0.1) is 0 Å². The second-order valence-electron chi connectivity index (χ2n) is 5.43. The minimum atomic E-state index is -0.595. The Bertz CT molecular complexity index is 827. The van der Waals surface area contributed by atoms with Crippen molar-refractivity contribution in [3.05, 3.63) is 54.6 Å². The van der Waals surface area contributed by atoms with Crippen LogP contribution in [0, 0.1) is 0 Å². The maximum absolute atomic E-state index is 12.6. The number of para-hydroxylation sites is 3. The molecular formula is C18H19N3O2. The van der Waals surface area contributed by atoms with Gasteiger partial charge in [-0.05, 0) is 31.2 Å². The standard InChI is InChI=1S/C18H19N3O2/c1-13(23-14-9-5-4-6-10-14)17(22)21(3)18-19-15-11-7-8-12-16(15)20(18)2/h4-13H,1-3H3/t13-/m0/s1. The zero-order valence-electron chi connectivity index (χ0n) is 13.4. The van der Waals surface area contributed by atoms with E-state index in [1.54, 1.807) is 14.0 Å². The molecule has 0 unspecified atom stereocenters. The molecule has 1 aromatic heterocycles. The molecule has 0 spiro atoms. The van der Waals surface area contributed by atoms with Gasteiger partial charge < -0.3 is 9.30 Å². The molecule has 0 aliphatic rings. The molecule has 0 bridgehead atoms. The monoisotopic (exact) mass is 309 g/mol. The van der Waals surface area contributed by atoms with Gasteiger partial charge in [0.25, 0.3) is 5.91 Å². The Kier molecular flexibility index (Phi) is 4.02. The molecule has 0 aliphatic carbocycles. The van der Waals surface area contributed by atoms with E-state index in [4.69, 9.17) is 4.74 Å². The van der Waals surface area contributed by atoms with Crippen LogP contribution < -0.4 is 9.64 Å². The predicted octanol–water partition coefficient (Wildman–Crippen LogP) is 3.00. The summed E-state index contributed by atoms with van der Waals surface area (Å²) in [4.78, 5) is 18.7. The van der Waals surface area contributed by atoms with Crippen molar-refractivity contribution in [1.29, 1.82) is 0 Å². The first kappa shape index (κ1) is 15.1. The molecule has 0 fully saturated rings. The maximum atomic E-state index is 12.6. The highest BCUT2D eigenvalue weighted by atomic mass is 16.5. The van der Waals surface area contributed by atoms with E-state index in [1.165, 1.54) is 4.90 Å². The normalized spacial score (nSPS) is 12.1. The molecule has 0 saturated carbocycles. The van der Waals surface area contributed by atoms with Crippen LogP contribution in [0.4, 0.5) is 5.95 Å². The van der Waals surface area contributed by atoms with Crippen molar-refractivity contribution in [2.24, 2.45) is 7.05 Å². The minimum Gasteiger partial charge on any atom is -0.481 e. The van der Waals surface area contributed by atoms with Gasteiger partial charge in [-0.25, -0.2) is 4.98 Å². The molecule has 2 aromatic carbocycles. The third kappa shape index (κ3) is 2.90. The van der Waals surface area contributed by atoms with Gasteiger partial charge in [0.2, 0.25) is 5.95 Å². The lowest BCUT2D eigenvalue weighted by Gasteiger charge is -2.21. The predicted molar refractivity (Wildman–Crippen MR) is 90.7 cm³/mol. The topological polar surface area (TPSA) is 47.4 Å². The summed E-state index contributed by atoms with van der Waals surface area (Å²) in [6.45, 7) is 1.74. The van der Waals surface area contributed by atoms with Gasteiger partial charge in [-0.2, -0.15) is 0 Å². The molecule has 0 saturated heterocycles. The fourth-order valence-corrected chi connectivity index (χ4v) is 2.56. The number of carbonyl (C=O) groups is 1. The van der Waals surface area contributed by atoms with Gasteiger partial charge in [0.1, 0.15) is 5.75 Å². The highest BCUT2D eigenvalue weighted by molar-refractivity contribution is 5.96. The summed E-state index contributed by atoms with van der Waals surface area (Å²) in [5.74, 6) is 1.12. The summed E-state index contributed by atoms with van der Waals surface area (Å²) >= 11 is 0. The molecule has 0 N–H and O–H groups in total. The first-order valence-electron chi connectivity index (χ1n) is 7.48. The SMILES string of the molecule is C[C@H](Oc1ccccc1)C(=O)N(C)c1nc2ccccc2n1C. The lowest BCUT2D eigenvalue weighted by molar-refractivity contribution is -0.124. The summed E-state index contributed by atoms with van der Waals surface area (Å²) in [5, 5.41) is 0. The van der Waals surface area contributed by atoms with Crippen LogP contribution in [0.25, 0.3) is 11.0 Å². The summed E-state index contributed by atoms with van der Waals surface area (Å²) in [5.41, 5.74) is 1.85. The van der Waals surface area contributed by atoms with Crippen molar-refractivity contribution in [1.82, 2.24) is 9.55 Å². The summed E-state index contributed by atoms with van der Waals surface area (Å²) in [6, 6.07) is 17.1. The molecule has 118 valence electrons. The van der Waals surface area contributed by atoms with Gasteiger partial charge in [-0.3, -0.25) is 9.69 Å². The van der Waals surface area contributed by atoms with E-state index in [9.17, 15) is 4.79 Å². The number of nitrogens with zero attached hydrogens (tertiary/aromatic N) is 3. The van der Waals surface area contributed by atoms with E-state index in [0.29, 0.717) is 11.7 Å². The summed E-state index contributed by atoms with van der Waals surface area (Å²) in [6.07, 6.45) is -0.595. The number of hydrogen-bond acceptors (Lipinski definition) is 3. The number of likely N-dealkylation sites (N-methyl/N-ethyl adjacent to an activating group) is 1. The van der Waals surface area contributed by atoms with Crippen LogP contribution in [-0.4, -0.2) is 28.6 Å². The Morgan fingerprint density at radius 2 is 1.78 bits per heavy atom. The van der Waals surface area contributed by atoms with E-state index in [-0.39, 0.29) is 5.91 Å². The molecule has 1 atom stereocenters. The van der Waals surface area contributed by atoms with Crippen LogP contribution in [0.1, 0.15) is 6.92 Å². The molecule has 1 heterocycles. The first-order valence-corrected chi connectivity index (χ1v) is 7.48. The van der Waals surface area contributed by atoms with Crippen LogP contribution in [-0.2, 0) is 11.8 Å². The lowest BCUT2D eigenvalue weighted by atomic mass is 10.3. The number of aryl methyl sites for hydroxylation is 1. The summed E-state index contributed by atoms with van der Waals surface area (Å²) in [7, 11) is 3.62. The Morgan fingerprint density at radius 1 is 1.13 bits per heavy atom. The Balaban J connectivity index is 1.82. The van der Waals surface area contributed by atoms with Crippen molar-refractivity contribution >= 4 is 22.9 Å². The Labute approximate surface area is 135 Å². The van der Waals surface area contributed by atoms with E-state index < -0.39 is 6.10 Å². The van der Waals surface area contributed by atoms with Crippen molar-refractivity contribution in [2.75, 3.05) is 11.9 Å². The van der Waals surface area contributed by atoms with Gasteiger partial charge >= 0.3 is 0 Å². The van der Waals surface area contributed by atoms with E-state index in [1.807, 2.05) is 66.2 Å². The van der Waals surface area contributed by atoms with Gasteiger partial charge in [0.05, 0.1) is 11.0 Å². The Morgan fingerprint density at radius 3 is 2.48 bits per heavy atom. The van der Waals surface area contributed by atoms with E-state index in [0.717, 1.165) is 11.0 Å². The molecule has 0 aliphatic heterocycles. The van der Waals surface area contributed by atoms with Crippen LogP contribution in [0.2, 0.25) is 0 Å². The number of imidazole rings is 1. The quantitative estimate of drug-likeness (QED) is 0.744. The molecule has 3 rings (SSSR count). The number of ether oxygens (including phenoxy) is 1. The largest absolute Gasteiger partial charge is 0.481 e. The van der Waals surface area contributed by atoms with Gasteiger partial charge in [0, 0.05) is 14.1 Å². The van der Waals surface area contributed by atoms with Crippen LogP contribution in [0.5, 0.6) is 5.75 Å². The fourth-order valence-electron chi connectivity index (χ4n) is 2.56. The number of benzene rings is 2. The highest BCUT2D eigenvalue weighted by Crippen LogP contribution is 2.21. The molecule has 3 aromatic rings. The average Bonchev–Trinajstić information content (AvgIpc) is 2.91. The van der Waals surface area contributed by atoms with E-state index >= 15 is 0 Å². The number of rotatable bonds is 4. The van der Waals surface area contributed by atoms with Gasteiger partial charge in [-0.1, -0.05) is 30.3 Å². The zero-order valence-corrected chi connectivity index (χ0v) is 13.4. The second kappa shape index (κ2) is 6.12. The molecule has 23 heavy (non-hydrogen) atoms. The smallest absolute Gasteiger partial charge is 0.269 e. The van der Waals surface area contributed by atoms with Crippen molar-refractivity contribution < 1.29 is 9.53 Å². The zero-order chi connectivity index (χ0) is 16.4. The number of aromatic nitrogens is 2. The first-order chi connectivity index (χ1) is 11.1. The van der Waals surface area contributed by atoms with Crippen molar-refractivity contribution in [3.63, 3.8) is 0 Å². The third-order valence-electron chi connectivity index (χ3n) is 3.80. The molecular weight excluding hydrogens is 290 g/mol. The van der Waals surface area contributed by atoms with Crippen LogP contribution in [0.3, 0.4) is 0 Å². The average molecular weight is 309 g/mol. The maximum Gasteiger partial charge on any atom is 0.269 e. The molecule has 1 amide bonds. The van der Waals surface area contributed by atoms with Crippen molar-refractivity contribution in [3.8, 4) is 5.75 Å². The van der Waals surface area contributed by atoms with Crippen LogP contribution in [0.15, 0.2) is 54.6 Å². The fraction of sp³-hybridized carbons (Fsp3) is 0.222. The number of hydrogen-bond donors (Lipinski definition) is 0. The highest BCUT2D eigenvalue weighted by Gasteiger charge is 2.23. The number of carbonyl (C=O) groups excluding carboxylic acids is 1. The number of anilines is 1. The number of fused-ring (bicyclic) bond motifs is 1. The minimum absolute atomic E-state index is 0.146. The second-order valence-corrected chi connectivity index (χ2v) is 5.43. The van der Waals surface area contributed by atoms with E-state index in [2.05, 4.69) is 4.98 Å². The Hall–Kier alpha value is -2.82. The third-order valence-corrected chi connectivity index (χ3v) is 3.80. The molecule has 0 radical (unpaired) electrons. The van der Waals surface area contributed by atoms with Crippen molar-refractivity contribution in [2.45, 2.75) is 13.0 Å². The molecule has 5 heteroatoms. The summed E-state index contributed by atoms with van der Waals surface area (Å²) < 4.78 is 7.61.